The Hall–Kier alpha value is -0.275. The standard InChI is InChI=1S/C24H38O2.C22H34O2.CH2Cl2.BBr3/c1-17-8-11-22-23(2,3)12-7-13-24(22,4)21(17)10-9-18-14-19(25-5)16-20(15-18)26-6;1-15-6-9-20-21(2,3)10-5-11-22(20,4)19(15)8-7-16-12-17(23)14-18(24)13-16;2-1-3;2-1(3)4/h14-17,21-22H,7-13H2,1-6H3;12-15,19-20,23-24H,5-11H2,1-4H3;1H2;/t17-,21-,22-,24+;15-,19-,20-,22+;;/m00../s1. The second-order valence-electron chi connectivity index (χ2n) is 19.6. The maximum Gasteiger partial charge on any atom is 0.369 e. The van der Waals surface area contributed by atoms with E-state index in [0.29, 0.717) is 21.7 Å². The Labute approximate surface area is 383 Å². The lowest BCUT2D eigenvalue weighted by atomic mass is 9.46. The van der Waals surface area contributed by atoms with Gasteiger partial charge in [0.2, 0.25) is 0 Å². The number of phenolic OH excluding ortho intramolecular Hbond substituents is 2. The Balaban J connectivity index is 0.000000263. The maximum absolute atomic E-state index is 9.73. The number of halogens is 5. The second kappa shape index (κ2) is 22.7. The number of methoxy groups -OCH3 is 2. The lowest BCUT2D eigenvalue weighted by Crippen LogP contribution is -2.51. The molecule has 8 atom stereocenters. The van der Waals surface area contributed by atoms with Crippen LogP contribution in [0.1, 0.15) is 144 Å². The van der Waals surface area contributed by atoms with E-state index in [1.165, 1.54) is 82.3 Å². The Morgan fingerprint density at radius 3 is 1.32 bits per heavy atom. The molecule has 4 saturated carbocycles. The van der Waals surface area contributed by atoms with Crippen molar-refractivity contribution in [3.63, 3.8) is 0 Å². The molecule has 0 bridgehead atoms. The highest BCUT2D eigenvalue weighted by atomic mass is 79.9. The normalized spacial score (nSPS) is 30.9. The first-order valence-corrected chi connectivity index (χ1v) is 25.3. The van der Waals surface area contributed by atoms with Gasteiger partial charge in [-0.3, -0.25) is 0 Å². The van der Waals surface area contributed by atoms with Gasteiger partial charge in [0.25, 0.3) is 0 Å². The molecule has 324 valence electrons. The monoisotopic (exact) mass is 1020 g/mol. The lowest BCUT2D eigenvalue weighted by molar-refractivity contribution is -0.0958. The molecule has 2 aromatic carbocycles. The molecule has 0 amide bonds. The van der Waals surface area contributed by atoms with Crippen molar-refractivity contribution in [2.75, 3.05) is 19.6 Å². The van der Waals surface area contributed by atoms with E-state index in [0.717, 1.165) is 71.8 Å². The zero-order valence-corrected chi connectivity index (χ0v) is 43.0. The van der Waals surface area contributed by atoms with Crippen LogP contribution >= 0.6 is 70.5 Å². The topological polar surface area (TPSA) is 58.9 Å². The van der Waals surface area contributed by atoms with Crippen LogP contribution in [0.25, 0.3) is 0 Å². The van der Waals surface area contributed by atoms with E-state index >= 15 is 0 Å². The summed E-state index contributed by atoms with van der Waals surface area (Å²) in [4.78, 5) is 0. The number of hydrogen-bond acceptors (Lipinski definition) is 4. The SMILES string of the molecule is BrB(Br)Br.COc1cc(CC[C@H]2[C@@H](C)CC[C@H]3C(C)(C)CCC[C@]23C)cc(OC)c1.C[C@H]1CC[C@H]2C(C)(C)CCC[C@]2(C)[C@H]1CCc1cc(O)cc(O)c1.ClCCl. The number of hydrogen-bond donors (Lipinski definition) is 2. The molecule has 4 aliphatic carbocycles. The minimum Gasteiger partial charge on any atom is -0.508 e. The molecule has 0 spiro atoms. The van der Waals surface area contributed by atoms with E-state index in [9.17, 15) is 10.2 Å². The largest absolute Gasteiger partial charge is 0.508 e. The summed E-state index contributed by atoms with van der Waals surface area (Å²) in [5.41, 5.74) is 4.31. The van der Waals surface area contributed by atoms with Gasteiger partial charge in [0, 0.05) is 12.1 Å². The molecule has 0 heterocycles. The molecular formula is C47H74BBr3Cl2O4. The van der Waals surface area contributed by atoms with Crippen LogP contribution in [0.4, 0.5) is 0 Å². The molecule has 10 heteroatoms. The van der Waals surface area contributed by atoms with Crippen LogP contribution in [0, 0.1) is 57.2 Å². The Bertz CT molecular complexity index is 1480. The molecule has 0 aromatic heterocycles. The summed E-state index contributed by atoms with van der Waals surface area (Å²) >= 11 is 18.8. The highest BCUT2D eigenvalue weighted by Crippen LogP contribution is 2.63. The highest BCUT2D eigenvalue weighted by Gasteiger charge is 2.54. The van der Waals surface area contributed by atoms with E-state index in [-0.39, 0.29) is 20.0 Å². The van der Waals surface area contributed by atoms with Crippen molar-refractivity contribution in [1.29, 1.82) is 0 Å². The first kappa shape index (κ1) is 51.1. The summed E-state index contributed by atoms with van der Waals surface area (Å²) in [5, 5.41) is 19.7. The number of alkyl halides is 2. The van der Waals surface area contributed by atoms with Gasteiger partial charge >= 0.3 is 3.18 Å². The van der Waals surface area contributed by atoms with E-state index in [2.05, 4.69) is 115 Å². The third-order valence-corrected chi connectivity index (χ3v) is 15.3. The van der Waals surface area contributed by atoms with Gasteiger partial charge < -0.3 is 19.7 Å². The number of aromatic hydroxyl groups is 2. The van der Waals surface area contributed by atoms with Crippen LogP contribution in [0.15, 0.2) is 36.4 Å². The third-order valence-electron chi connectivity index (χ3n) is 15.3. The molecule has 4 nitrogen and oxygen atoms in total. The average molecular weight is 1020 g/mol. The molecule has 57 heavy (non-hydrogen) atoms. The molecule has 2 aromatic rings. The van der Waals surface area contributed by atoms with Gasteiger partial charge in [0.05, 0.1) is 19.6 Å². The molecular weight excluding hydrogens is 950 g/mol. The van der Waals surface area contributed by atoms with Gasteiger partial charge in [-0.1, -0.05) is 81.1 Å². The van der Waals surface area contributed by atoms with Gasteiger partial charge in [-0.15, -0.1) is 70.5 Å². The lowest BCUT2D eigenvalue weighted by Gasteiger charge is -2.59. The van der Waals surface area contributed by atoms with Crippen LogP contribution in [-0.2, 0) is 12.8 Å². The van der Waals surface area contributed by atoms with Crippen molar-refractivity contribution in [1.82, 2.24) is 0 Å². The number of ether oxygens (including phenoxy) is 2. The summed E-state index contributed by atoms with van der Waals surface area (Å²) in [6.07, 6.45) is 18.4. The Morgan fingerprint density at radius 1 is 0.614 bits per heavy atom. The quantitative estimate of drug-likeness (QED) is 0.204. The number of aryl methyl sites for hydroxylation is 2. The van der Waals surface area contributed by atoms with Gasteiger partial charge in [-0.2, -0.15) is 0 Å². The third kappa shape index (κ3) is 13.9. The zero-order valence-electron chi connectivity index (χ0n) is 36.7. The predicted molar refractivity (Wildman–Crippen MR) is 257 cm³/mol. The summed E-state index contributed by atoms with van der Waals surface area (Å²) in [6, 6.07) is 11.3. The number of rotatable bonds is 8. The predicted octanol–water partition coefficient (Wildman–Crippen LogP) is 16.0. The van der Waals surface area contributed by atoms with Crippen molar-refractivity contribution in [2.24, 2.45) is 57.2 Å². The van der Waals surface area contributed by atoms with Crippen LogP contribution in [0.5, 0.6) is 23.0 Å². The number of phenols is 2. The Morgan fingerprint density at radius 2 is 0.965 bits per heavy atom. The van der Waals surface area contributed by atoms with Crippen molar-refractivity contribution in [3.8, 4) is 23.0 Å². The van der Waals surface area contributed by atoms with Gasteiger partial charge in [0.1, 0.15) is 23.0 Å². The fourth-order valence-electron chi connectivity index (χ4n) is 12.9. The molecule has 4 aliphatic rings. The van der Waals surface area contributed by atoms with Gasteiger partial charge in [-0.05, 0) is 157 Å². The van der Waals surface area contributed by atoms with Crippen molar-refractivity contribution < 1.29 is 19.7 Å². The average Bonchev–Trinajstić information content (AvgIpc) is 3.10. The van der Waals surface area contributed by atoms with Crippen molar-refractivity contribution in [3.05, 3.63) is 47.5 Å². The van der Waals surface area contributed by atoms with E-state index in [1.807, 2.05) is 6.07 Å². The molecule has 0 aliphatic heterocycles. The summed E-state index contributed by atoms with van der Waals surface area (Å²) < 4.78 is 11.2. The highest BCUT2D eigenvalue weighted by molar-refractivity contribution is 9.69. The maximum atomic E-state index is 9.73. The summed E-state index contributed by atoms with van der Waals surface area (Å²) in [5.74, 6) is 7.01. The fraction of sp³-hybridized carbons (Fsp3) is 0.745. The summed E-state index contributed by atoms with van der Waals surface area (Å²) in [6.45, 7) is 20.1. The van der Waals surface area contributed by atoms with Crippen LogP contribution < -0.4 is 9.47 Å². The van der Waals surface area contributed by atoms with Crippen LogP contribution in [0.2, 0.25) is 0 Å². The number of benzene rings is 2. The molecule has 0 saturated heterocycles. The Kier molecular flexibility index (Phi) is 20.3. The van der Waals surface area contributed by atoms with Crippen LogP contribution in [0.3, 0.4) is 0 Å². The van der Waals surface area contributed by atoms with E-state index < -0.39 is 0 Å². The molecule has 0 radical (unpaired) electrons. The molecule has 0 unspecified atom stereocenters. The first-order valence-electron chi connectivity index (χ1n) is 21.4. The van der Waals surface area contributed by atoms with Crippen molar-refractivity contribution in [2.45, 2.75) is 145 Å². The smallest absolute Gasteiger partial charge is 0.369 e. The minimum atomic E-state index is 0.171. The van der Waals surface area contributed by atoms with Crippen LogP contribution in [-0.4, -0.2) is 33.0 Å². The van der Waals surface area contributed by atoms with Gasteiger partial charge in [0.15, 0.2) is 0 Å². The minimum absolute atomic E-state index is 0.171. The molecule has 6 rings (SSSR count). The van der Waals surface area contributed by atoms with Crippen molar-refractivity contribution >= 4 is 73.7 Å². The number of fused-ring (bicyclic) bond motifs is 2. The van der Waals surface area contributed by atoms with E-state index in [1.54, 1.807) is 26.4 Å². The zero-order chi connectivity index (χ0) is 42.8. The van der Waals surface area contributed by atoms with E-state index in [4.69, 9.17) is 32.7 Å². The fourth-order valence-corrected chi connectivity index (χ4v) is 12.9. The second-order valence-corrected chi connectivity index (χ2v) is 26.9. The van der Waals surface area contributed by atoms with Gasteiger partial charge in [-0.25, -0.2) is 0 Å². The molecule has 4 fully saturated rings. The molecule has 2 N–H and O–H groups in total. The first-order chi connectivity index (χ1) is 26.7. The summed E-state index contributed by atoms with van der Waals surface area (Å²) in [7, 11) is 3.47.